The number of nitrogens with one attached hydrogen (secondary N) is 1. The summed E-state index contributed by atoms with van der Waals surface area (Å²) < 4.78 is 36.7. The second-order valence-electron chi connectivity index (χ2n) is 4.05. The van der Waals surface area contributed by atoms with Crippen molar-refractivity contribution in [1.29, 1.82) is 0 Å². The van der Waals surface area contributed by atoms with E-state index in [9.17, 15) is 13.2 Å². The Morgan fingerprint density at radius 1 is 1.47 bits per heavy atom. The molecule has 0 saturated heterocycles. The molecule has 1 N–H and O–H groups in total. The molecule has 17 heavy (non-hydrogen) atoms. The molecule has 1 heterocycles. The van der Waals surface area contributed by atoms with Gasteiger partial charge in [0.15, 0.2) is 0 Å². The molecule has 2 nitrogen and oxygen atoms in total. The third-order valence-corrected chi connectivity index (χ3v) is 2.75. The van der Waals surface area contributed by atoms with Gasteiger partial charge in [-0.25, -0.2) is 0 Å². The van der Waals surface area contributed by atoms with E-state index in [4.69, 9.17) is 6.42 Å². The van der Waals surface area contributed by atoms with Crippen LogP contribution in [-0.2, 0) is 6.54 Å². The fourth-order valence-electron chi connectivity index (χ4n) is 1.63. The normalized spacial score (nSPS) is 23.2. The SMILES string of the molecule is C#Cc1ccc(CNC2CC2C(F)(F)F)nc1. The average molecular weight is 240 g/mol. The molecule has 1 fully saturated rings. The van der Waals surface area contributed by atoms with Gasteiger partial charge in [0, 0.05) is 24.3 Å². The van der Waals surface area contributed by atoms with E-state index in [1.54, 1.807) is 12.1 Å². The van der Waals surface area contributed by atoms with Crippen molar-refractivity contribution in [3.63, 3.8) is 0 Å². The number of hydrogen-bond donors (Lipinski definition) is 1. The summed E-state index contributed by atoms with van der Waals surface area (Å²) >= 11 is 0. The molecule has 5 heteroatoms. The number of aromatic nitrogens is 1. The Bertz CT molecular complexity index is 431. The Morgan fingerprint density at radius 3 is 2.71 bits per heavy atom. The first kappa shape index (κ1) is 11.9. The molecule has 0 aliphatic heterocycles. The Balaban J connectivity index is 1.82. The van der Waals surface area contributed by atoms with Gasteiger partial charge in [0.2, 0.25) is 0 Å². The molecule has 0 spiro atoms. The smallest absolute Gasteiger partial charge is 0.308 e. The van der Waals surface area contributed by atoms with E-state index in [-0.39, 0.29) is 6.42 Å². The van der Waals surface area contributed by atoms with Crippen molar-refractivity contribution in [3.8, 4) is 12.3 Å². The van der Waals surface area contributed by atoms with Crippen molar-refractivity contribution in [3.05, 3.63) is 29.6 Å². The summed E-state index contributed by atoms with van der Waals surface area (Å²) in [5.74, 6) is 1.23. The lowest BCUT2D eigenvalue weighted by molar-refractivity contribution is -0.149. The number of rotatable bonds is 3. The molecule has 1 aliphatic rings. The maximum atomic E-state index is 12.2. The van der Waals surface area contributed by atoms with Gasteiger partial charge in [-0.3, -0.25) is 4.98 Å². The average Bonchev–Trinajstić information content (AvgIpc) is 3.06. The Morgan fingerprint density at radius 2 is 2.24 bits per heavy atom. The highest BCUT2D eigenvalue weighted by molar-refractivity contribution is 5.29. The van der Waals surface area contributed by atoms with Crippen LogP contribution in [0.3, 0.4) is 0 Å². The van der Waals surface area contributed by atoms with Gasteiger partial charge in [-0.1, -0.05) is 5.92 Å². The molecule has 0 aromatic carbocycles. The predicted molar refractivity (Wildman–Crippen MR) is 57.0 cm³/mol. The lowest BCUT2D eigenvalue weighted by Crippen LogP contribution is -2.23. The summed E-state index contributed by atoms with van der Waals surface area (Å²) in [6.07, 6.45) is 2.77. The molecule has 1 saturated carbocycles. The van der Waals surface area contributed by atoms with E-state index in [1.807, 2.05) is 0 Å². The number of terminal acetylenes is 1. The maximum Gasteiger partial charge on any atom is 0.393 e. The molecule has 1 aliphatic carbocycles. The van der Waals surface area contributed by atoms with Crippen LogP contribution >= 0.6 is 0 Å². The molecule has 2 rings (SSSR count). The van der Waals surface area contributed by atoms with Gasteiger partial charge in [-0.2, -0.15) is 13.2 Å². The summed E-state index contributed by atoms with van der Waals surface area (Å²) in [7, 11) is 0. The van der Waals surface area contributed by atoms with Gasteiger partial charge in [-0.05, 0) is 18.6 Å². The fraction of sp³-hybridized carbons (Fsp3) is 0.417. The monoisotopic (exact) mass is 240 g/mol. The van der Waals surface area contributed by atoms with Gasteiger partial charge in [0.05, 0.1) is 11.6 Å². The van der Waals surface area contributed by atoms with Crippen LogP contribution < -0.4 is 5.32 Å². The van der Waals surface area contributed by atoms with E-state index in [1.165, 1.54) is 6.20 Å². The fourth-order valence-corrected chi connectivity index (χ4v) is 1.63. The Labute approximate surface area is 97.2 Å². The Kier molecular flexibility index (Phi) is 3.07. The standard InChI is InChI=1S/C12H11F3N2/c1-2-8-3-4-9(16-6-8)7-17-11-5-10(11)12(13,14)15/h1,3-4,6,10-11,17H,5,7H2. The predicted octanol–water partition coefficient (Wildman–Crippen LogP) is 2.10. The van der Waals surface area contributed by atoms with E-state index < -0.39 is 18.1 Å². The minimum atomic E-state index is -4.08. The topological polar surface area (TPSA) is 24.9 Å². The first-order chi connectivity index (χ1) is 8.00. The van der Waals surface area contributed by atoms with Crippen molar-refractivity contribution in [2.24, 2.45) is 5.92 Å². The quantitative estimate of drug-likeness (QED) is 0.818. The van der Waals surface area contributed by atoms with Crippen molar-refractivity contribution in [2.75, 3.05) is 0 Å². The maximum absolute atomic E-state index is 12.2. The van der Waals surface area contributed by atoms with Crippen LogP contribution in [0.5, 0.6) is 0 Å². The number of nitrogens with zero attached hydrogens (tertiary/aromatic N) is 1. The highest BCUT2D eigenvalue weighted by atomic mass is 19.4. The minimum Gasteiger partial charge on any atom is -0.308 e. The van der Waals surface area contributed by atoms with Crippen molar-refractivity contribution < 1.29 is 13.2 Å². The molecule has 1 aromatic heterocycles. The van der Waals surface area contributed by atoms with E-state index in [0.717, 1.165) is 0 Å². The van der Waals surface area contributed by atoms with Crippen molar-refractivity contribution >= 4 is 0 Å². The zero-order valence-corrected chi connectivity index (χ0v) is 8.96. The molecule has 90 valence electrons. The third-order valence-electron chi connectivity index (χ3n) is 2.75. The number of pyridine rings is 1. The molecule has 1 aromatic rings. The molecule has 2 atom stereocenters. The van der Waals surface area contributed by atoms with Gasteiger partial charge in [0.25, 0.3) is 0 Å². The van der Waals surface area contributed by atoms with Crippen LogP contribution in [0.15, 0.2) is 18.3 Å². The van der Waals surface area contributed by atoms with Gasteiger partial charge >= 0.3 is 6.18 Å². The second-order valence-corrected chi connectivity index (χ2v) is 4.05. The van der Waals surface area contributed by atoms with Crippen LogP contribution in [0, 0.1) is 18.3 Å². The van der Waals surface area contributed by atoms with Gasteiger partial charge in [-0.15, -0.1) is 6.42 Å². The van der Waals surface area contributed by atoms with Crippen LogP contribution in [0.1, 0.15) is 17.7 Å². The first-order valence-corrected chi connectivity index (χ1v) is 5.22. The van der Waals surface area contributed by atoms with E-state index in [2.05, 4.69) is 16.2 Å². The molecule has 0 radical (unpaired) electrons. The van der Waals surface area contributed by atoms with Crippen LogP contribution in [-0.4, -0.2) is 17.2 Å². The lowest BCUT2D eigenvalue weighted by Gasteiger charge is -2.06. The largest absolute Gasteiger partial charge is 0.393 e. The molecular formula is C12H11F3N2. The number of halogens is 3. The molecular weight excluding hydrogens is 229 g/mol. The van der Waals surface area contributed by atoms with Crippen LogP contribution in [0.4, 0.5) is 13.2 Å². The van der Waals surface area contributed by atoms with Gasteiger partial charge < -0.3 is 5.32 Å². The van der Waals surface area contributed by atoms with Crippen molar-refractivity contribution in [2.45, 2.75) is 25.2 Å². The molecule has 0 bridgehead atoms. The zero-order valence-electron chi connectivity index (χ0n) is 8.96. The van der Waals surface area contributed by atoms with Gasteiger partial charge in [0.1, 0.15) is 0 Å². The van der Waals surface area contributed by atoms with Crippen LogP contribution in [0.25, 0.3) is 0 Å². The highest BCUT2D eigenvalue weighted by Gasteiger charge is 2.55. The Hall–Kier alpha value is -1.54. The molecule has 2 unspecified atom stereocenters. The van der Waals surface area contributed by atoms with Crippen LogP contribution in [0.2, 0.25) is 0 Å². The summed E-state index contributed by atoms with van der Waals surface area (Å²) in [6.45, 7) is 0.335. The number of hydrogen-bond acceptors (Lipinski definition) is 2. The lowest BCUT2D eigenvalue weighted by atomic mass is 10.2. The van der Waals surface area contributed by atoms with E-state index in [0.29, 0.717) is 17.8 Å². The second kappa shape index (κ2) is 4.38. The zero-order chi connectivity index (χ0) is 12.5. The summed E-state index contributed by atoms with van der Waals surface area (Å²) in [6, 6.07) is 2.97. The highest BCUT2D eigenvalue weighted by Crippen LogP contribution is 2.44. The summed E-state index contributed by atoms with van der Waals surface area (Å²) in [4.78, 5) is 4.05. The summed E-state index contributed by atoms with van der Waals surface area (Å²) in [5, 5.41) is 2.83. The number of alkyl halides is 3. The molecule has 0 amide bonds. The van der Waals surface area contributed by atoms with Crippen molar-refractivity contribution in [1.82, 2.24) is 10.3 Å². The first-order valence-electron chi connectivity index (χ1n) is 5.22. The third kappa shape index (κ3) is 2.98. The summed E-state index contributed by atoms with van der Waals surface area (Å²) in [5.41, 5.74) is 1.35. The van der Waals surface area contributed by atoms with E-state index >= 15 is 0 Å². The minimum absolute atomic E-state index is 0.159.